The van der Waals surface area contributed by atoms with Gasteiger partial charge in [0, 0.05) is 38.8 Å². The van der Waals surface area contributed by atoms with Gasteiger partial charge in [-0.2, -0.15) is 0 Å². The van der Waals surface area contributed by atoms with E-state index in [9.17, 15) is 4.79 Å². The molecule has 1 fully saturated rings. The normalized spacial score (nSPS) is 15.5. The van der Waals surface area contributed by atoms with Crippen LogP contribution in [-0.4, -0.2) is 68.6 Å². The van der Waals surface area contributed by atoms with Crippen LogP contribution in [-0.2, 0) is 13.7 Å². The van der Waals surface area contributed by atoms with Crippen LogP contribution in [0.25, 0.3) is 0 Å². The molecule has 1 aromatic heterocycles. The summed E-state index contributed by atoms with van der Waals surface area (Å²) in [5, 5.41) is 11.2. The molecule has 0 bridgehead atoms. The summed E-state index contributed by atoms with van der Waals surface area (Å²) >= 11 is 0. The average molecular weight is 330 g/mol. The van der Waals surface area contributed by atoms with E-state index < -0.39 is 0 Å². The molecule has 1 amide bonds. The van der Waals surface area contributed by atoms with Gasteiger partial charge < -0.3 is 14.5 Å². The smallest absolute Gasteiger partial charge is 0.254 e. The predicted octanol–water partition coefficient (Wildman–Crippen LogP) is 0.567. The highest BCUT2D eigenvalue weighted by Crippen LogP contribution is 2.17. The number of ether oxygens (including phenoxy) is 1. The molecule has 0 radical (unpaired) electrons. The number of amides is 1. The van der Waals surface area contributed by atoms with Gasteiger partial charge in [-0.05, 0) is 35.2 Å². The first-order valence-corrected chi connectivity index (χ1v) is 8.13. The molecule has 1 saturated heterocycles. The topological polar surface area (TPSA) is 76.4 Å². The third kappa shape index (κ3) is 3.70. The molecule has 0 N–H and O–H groups in total. The molecular formula is C16H22N6O2. The number of hydrogen-bond donors (Lipinski definition) is 0. The second-order valence-electron chi connectivity index (χ2n) is 5.76. The highest BCUT2D eigenvalue weighted by Gasteiger charge is 2.21. The van der Waals surface area contributed by atoms with Crippen molar-refractivity contribution in [2.75, 3.05) is 32.7 Å². The van der Waals surface area contributed by atoms with Crippen LogP contribution in [0.3, 0.4) is 0 Å². The molecule has 8 nitrogen and oxygen atoms in total. The molecule has 3 rings (SSSR count). The zero-order chi connectivity index (χ0) is 16.9. The van der Waals surface area contributed by atoms with E-state index in [0.717, 1.165) is 32.7 Å². The van der Waals surface area contributed by atoms with Gasteiger partial charge in [-0.25, -0.2) is 4.68 Å². The molecule has 0 saturated carbocycles. The molecule has 2 heterocycles. The minimum absolute atomic E-state index is 0.0523. The number of carbonyl (C=O) groups is 1. The van der Waals surface area contributed by atoms with Crippen molar-refractivity contribution in [1.82, 2.24) is 30.0 Å². The molecule has 1 aliphatic rings. The van der Waals surface area contributed by atoms with Crippen molar-refractivity contribution in [1.29, 1.82) is 0 Å². The van der Waals surface area contributed by atoms with E-state index in [0.29, 0.717) is 17.1 Å². The number of piperazine rings is 1. The van der Waals surface area contributed by atoms with Crippen molar-refractivity contribution < 1.29 is 9.53 Å². The van der Waals surface area contributed by atoms with Crippen LogP contribution < -0.4 is 4.74 Å². The first-order valence-electron chi connectivity index (χ1n) is 8.13. The van der Waals surface area contributed by atoms with Crippen molar-refractivity contribution in [3.8, 4) is 5.75 Å². The van der Waals surface area contributed by atoms with Crippen molar-refractivity contribution in [3.63, 3.8) is 0 Å². The van der Waals surface area contributed by atoms with E-state index >= 15 is 0 Å². The lowest BCUT2D eigenvalue weighted by molar-refractivity contribution is 0.0643. The van der Waals surface area contributed by atoms with Gasteiger partial charge in [-0.15, -0.1) is 5.10 Å². The monoisotopic (exact) mass is 330 g/mol. The third-order valence-corrected chi connectivity index (χ3v) is 4.26. The van der Waals surface area contributed by atoms with E-state index in [1.807, 2.05) is 23.1 Å². The maximum Gasteiger partial charge on any atom is 0.254 e. The Morgan fingerprint density at radius 1 is 1.25 bits per heavy atom. The van der Waals surface area contributed by atoms with Crippen molar-refractivity contribution >= 4 is 5.91 Å². The Bertz CT molecular complexity index is 693. The number of likely N-dealkylation sites (N-methyl/N-ethyl adjacent to an activating group) is 1. The molecule has 1 aromatic carbocycles. The van der Waals surface area contributed by atoms with Gasteiger partial charge in [0.25, 0.3) is 5.91 Å². The van der Waals surface area contributed by atoms with Gasteiger partial charge in [0.1, 0.15) is 12.4 Å². The van der Waals surface area contributed by atoms with Crippen LogP contribution in [0, 0.1) is 0 Å². The van der Waals surface area contributed by atoms with Crippen LogP contribution in [0.5, 0.6) is 5.75 Å². The van der Waals surface area contributed by atoms with E-state index in [2.05, 4.69) is 27.3 Å². The van der Waals surface area contributed by atoms with Gasteiger partial charge in [0.15, 0.2) is 5.82 Å². The van der Waals surface area contributed by atoms with Gasteiger partial charge in [0.2, 0.25) is 0 Å². The molecule has 8 heteroatoms. The fourth-order valence-corrected chi connectivity index (χ4v) is 2.69. The average Bonchev–Trinajstić information content (AvgIpc) is 3.04. The van der Waals surface area contributed by atoms with Gasteiger partial charge in [-0.1, -0.05) is 13.0 Å². The number of tetrazole rings is 1. The number of carbonyl (C=O) groups excluding carboxylic acids is 1. The van der Waals surface area contributed by atoms with E-state index in [1.165, 1.54) is 0 Å². The van der Waals surface area contributed by atoms with Crippen LogP contribution in [0.2, 0.25) is 0 Å². The Balaban J connectivity index is 1.62. The molecule has 2 aromatic rings. The lowest BCUT2D eigenvalue weighted by Gasteiger charge is -2.34. The maximum absolute atomic E-state index is 12.6. The molecule has 24 heavy (non-hydrogen) atoms. The minimum atomic E-state index is 0.0523. The van der Waals surface area contributed by atoms with Crippen molar-refractivity contribution in [2.24, 2.45) is 7.05 Å². The summed E-state index contributed by atoms with van der Waals surface area (Å²) in [6.45, 7) is 6.82. The van der Waals surface area contributed by atoms with Crippen LogP contribution in [0.15, 0.2) is 24.3 Å². The lowest BCUT2D eigenvalue weighted by Crippen LogP contribution is -2.48. The quantitative estimate of drug-likeness (QED) is 0.798. The number of hydrogen-bond acceptors (Lipinski definition) is 6. The third-order valence-electron chi connectivity index (χ3n) is 4.26. The number of benzene rings is 1. The van der Waals surface area contributed by atoms with E-state index in [4.69, 9.17) is 4.74 Å². The zero-order valence-corrected chi connectivity index (χ0v) is 14.1. The summed E-state index contributed by atoms with van der Waals surface area (Å²) in [6, 6.07) is 7.26. The fraction of sp³-hybridized carbons (Fsp3) is 0.500. The largest absolute Gasteiger partial charge is 0.486 e. The lowest BCUT2D eigenvalue weighted by atomic mass is 10.1. The van der Waals surface area contributed by atoms with Crippen molar-refractivity contribution in [2.45, 2.75) is 13.5 Å². The second kappa shape index (κ2) is 7.39. The van der Waals surface area contributed by atoms with E-state index in [1.54, 1.807) is 17.8 Å². The van der Waals surface area contributed by atoms with Crippen LogP contribution in [0.4, 0.5) is 0 Å². The summed E-state index contributed by atoms with van der Waals surface area (Å²) in [5.74, 6) is 1.31. The Morgan fingerprint density at radius 3 is 2.71 bits per heavy atom. The molecular weight excluding hydrogens is 308 g/mol. The summed E-state index contributed by atoms with van der Waals surface area (Å²) < 4.78 is 7.26. The number of rotatable bonds is 5. The minimum Gasteiger partial charge on any atom is -0.486 e. The summed E-state index contributed by atoms with van der Waals surface area (Å²) in [7, 11) is 1.76. The maximum atomic E-state index is 12.6. The first-order chi connectivity index (χ1) is 11.7. The molecule has 0 atom stereocenters. The van der Waals surface area contributed by atoms with Crippen molar-refractivity contribution in [3.05, 3.63) is 35.7 Å². The number of aryl methyl sites for hydroxylation is 1. The Kier molecular flexibility index (Phi) is 5.05. The molecule has 128 valence electrons. The fourth-order valence-electron chi connectivity index (χ4n) is 2.69. The van der Waals surface area contributed by atoms with Crippen LogP contribution >= 0.6 is 0 Å². The first kappa shape index (κ1) is 16.4. The van der Waals surface area contributed by atoms with Gasteiger partial charge in [-0.3, -0.25) is 4.79 Å². The summed E-state index contributed by atoms with van der Waals surface area (Å²) in [5.41, 5.74) is 0.647. The summed E-state index contributed by atoms with van der Waals surface area (Å²) in [6.07, 6.45) is 0. The highest BCUT2D eigenvalue weighted by atomic mass is 16.5. The van der Waals surface area contributed by atoms with E-state index in [-0.39, 0.29) is 12.5 Å². The second-order valence-corrected chi connectivity index (χ2v) is 5.76. The Hall–Kier alpha value is -2.48. The van der Waals surface area contributed by atoms with Gasteiger partial charge in [0.05, 0.1) is 0 Å². The molecule has 0 aliphatic carbocycles. The molecule has 1 aliphatic heterocycles. The number of aromatic nitrogens is 4. The van der Waals surface area contributed by atoms with Gasteiger partial charge >= 0.3 is 0 Å². The predicted molar refractivity (Wildman–Crippen MR) is 87.6 cm³/mol. The molecule has 0 spiro atoms. The molecule has 0 unspecified atom stereocenters. The highest BCUT2D eigenvalue weighted by molar-refractivity contribution is 5.94. The SMILES string of the molecule is CCN1CCN(C(=O)c2cccc(OCc3nnnn3C)c2)CC1. The number of nitrogens with zero attached hydrogens (tertiary/aromatic N) is 6. The Morgan fingerprint density at radius 2 is 2.04 bits per heavy atom. The summed E-state index contributed by atoms with van der Waals surface area (Å²) in [4.78, 5) is 16.9. The Labute approximate surface area is 141 Å². The van der Waals surface area contributed by atoms with Crippen LogP contribution in [0.1, 0.15) is 23.1 Å². The zero-order valence-electron chi connectivity index (χ0n) is 14.1. The standard InChI is InChI=1S/C16H22N6O2/c1-3-21-7-9-22(10-8-21)16(23)13-5-4-6-14(11-13)24-12-15-17-18-19-20(15)2/h4-6,11H,3,7-10,12H2,1-2H3.